The molecule has 0 aliphatic rings. The summed E-state index contributed by atoms with van der Waals surface area (Å²) < 4.78 is 4.16. The molecule has 1 heterocycles. The number of hydrogen-bond acceptors (Lipinski definition) is 5. The van der Waals surface area contributed by atoms with Crippen molar-refractivity contribution in [3.63, 3.8) is 0 Å². The molecular formula is C8H12ClN3O2S. The van der Waals surface area contributed by atoms with Gasteiger partial charge < -0.3 is 5.11 Å². The molecule has 0 saturated heterocycles. The molecule has 1 rings (SSSR count). The summed E-state index contributed by atoms with van der Waals surface area (Å²) in [5.74, 6) is -0.864. The van der Waals surface area contributed by atoms with Crippen molar-refractivity contribution in [2.75, 3.05) is 0 Å². The SMILES string of the molecule is CC(C)C(NCc1nnsc1Cl)C(=O)O. The molecule has 1 aromatic heterocycles. The number of hydrogen-bond donors (Lipinski definition) is 2. The lowest BCUT2D eigenvalue weighted by molar-refractivity contribution is -0.140. The van der Waals surface area contributed by atoms with Crippen molar-refractivity contribution < 1.29 is 9.90 Å². The van der Waals surface area contributed by atoms with Gasteiger partial charge in [-0.05, 0) is 5.92 Å². The Balaban J connectivity index is 2.55. The first kappa shape index (κ1) is 12.4. The number of carboxylic acid groups (broad SMARTS) is 1. The highest BCUT2D eigenvalue weighted by Gasteiger charge is 2.21. The predicted molar refractivity (Wildman–Crippen MR) is 58.0 cm³/mol. The molecule has 15 heavy (non-hydrogen) atoms. The van der Waals surface area contributed by atoms with Crippen LogP contribution in [-0.4, -0.2) is 26.7 Å². The largest absolute Gasteiger partial charge is 0.480 e. The van der Waals surface area contributed by atoms with Crippen LogP contribution in [0.15, 0.2) is 0 Å². The van der Waals surface area contributed by atoms with E-state index in [9.17, 15) is 4.79 Å². The first-order valence-electron chi connectivity index (χ1n) is 4.45. The number of aliphatic carboxylic acids is 1. The van der Waals surface area contributed by atoms with Gasteiger partial charge in [0.2, 0.25) is 0 Å². The van der Waals surface area contributed by atoms with Crippen LogP contribution in [0.2, 0.25) is 4.34 Å². The van der Waals surface area contributed by atoms with Gasteiger partial charge >= 0.3 is 5.97 Å². The van der Waals surface area contributed by atoms with Crippen molar-refractivity contribution >= 4 is 29.1 Å². The van der Waals surface area contributed by atoms with Crippen LogP contribution >= 0.6 is 23.1 Å². The standard InChI is InChI=1S/C8H12ClN3O2S/c1-4(2)6(8(13)14)10-3-5-7(9)15-12-11-5/h4,6,10H,3H2,1-2H3,(H,13,14). The summed E-state index contributed by atoms with van der Waals surface area (Å²) in [6.07, 6.45) is 0. The van der Waals surface area contributed by atoms with E-state index in [4.69, 9.17) is 16.7 Å². The molecule has 1 aromatic rings. The summed E-state index contributed by atoms with van der Waals surface area (Å²) in [5, 5.41) is 15.6. The lowest BCUT2D eigenvalue weighted by atomic mass is 10.1. The Kier molecular flexibility index (Phi) is 4.44. The van der Waals surface area contributed by atoms with E-state index in [1.54, 1.807) is 0 Å². The Hall–Kier alpha value is -0.720. The number of aromatic nitrogens is 2. The van der Waals surface area contributed by atoms with Crippen LogP contribution in [0.5, 0.6) is 0 Å². The summed E-state index contributed by atoms with van der Waals surface area (Å²) in [6.45, 7) is 4.00. The molecule has 0 fully saturated rings. The minimum Gasteiger partial charge on any atom is -0.480 e. The highest BCUT2D eigenvalue weighted by atomic mass is 35.5. The molecule has 0 amide bonds. The van der Waals surface area contributed by atoms with E-state index in [1.807, 2.05) is 13.8 Å². The molecule has 0 saturated carbocycles. The summed E-state index contributed by atoms with van der Waals surface area (Å²) in [4.78, 5) is 10.9. The minimum atomic E-state index is -0.871. The molecule has 0 spiro atoms. The predicted octanol–water partition coefficient (Wildman–Crippen LogP) is 1.39. The number of carbonyl (C=O) groups is 1. The third-order valence-electron chi connectivity index (χ3n) is 1.93. The normalized spacial score (nSPS) is 13.1. The average Bonchev–Trinajstić information content (AvgIpc) is 2.51. The molecular weight excluding hydrogens is 238 g/mol. The van der Waals surface area contributed by atoms with Gasteiger partial charge in [0.05, 0.1) is 0 Å². The van der Waals surface area contributed by atoms with Gasteiger partial charge in [-0.3, -0.25) is 10.1 Å². The minimum absolute atomic E-state index is 0.00729. The van der Waals surface area contributed by atoms with Crippen LogP contribution in [-0.2, 0) is 11.3 Å². The Bertz CT molecular complexity index is 342. The maximum absolute atomic E-state index is 10.9. The molecule has 0 aliphatic heterocycles. The summed E-state index contributed by atoms with van der Waals surface area (Å²) in [6, 6.07) is -0.595. The molecule has 2 N–H and O–H groups in total. The second kappa shape index (κ2) is 5.39. The summed E-state index contributed by atoms with van der Waals surface area (Å²) in [7, 11) is 0. The number of halogens is 1. The van der Waals surface area contributed by atoms with Gasteiger partial charge in [0.1, 0.15) is 16.1 Å². The fourth-order valence-corrected chi connectivity index (χ4v) is 1.74. The molecule has 0 aliphatic carbocycles. The van der Waals surface area contributed by atoms with Crippen molar-refractivity contribution in [2.24, 2.45) is 5.92 Å². The Labute approximate surface area is 96.6 Å². The van der Waals surface area contributed by atoms with Crippen LogP contribution in [0.25, 0.3) is 0 Å². The van der Waals surface area contributed by atoms with Crippen molar-refractivity contribution in [1.82, 2.24) is 14.9 Å². The van der Waals surface area contributed by atoms with Crippen molar-refractivity contribution in [1.29, 1.82) is 0 Å². The molecule has 84 valence electrons. The second-order valence-corrected chi connectivity index (χ2v) is 4.79. The lowest BCUT2D eigenvalue weighted by Crippen LogP contribution is -2.40. The van der Waals surface area contributed by atoms with Gasteiger partial charge in [-0.1, -0.05) is 29.9 Å². The van der Waals surface area contributed by atoms with Crippen molar-refractivity contribution in [2.45, 2.75) is 26.4 Å². The average molecular weight is 250 g/mol. The van der Waals surface area contributed by atoms with Crippen LogP contribution in [0.1, 0.15) is 19.5 Å². The molecule has 5 nitrogen and oxygen atoms in total. The van der Waals surface area contributed by atoms with E-state index in [-0.39, 0.29) is 5.92 Å². The van der Waals surface area contributed by atoms with Crippen LogP contribution < -0.4 is 5.32 Å². The molecule has 1 atom stereocenters. The smallest absolute Gasteiger partial charge is 0.320 e. The number of nitrogens with zero attached hydrogens (tertiary/aromatic N) is 2. The monoisotopic (exact) mass is 249 g/mol. The van der Waals surface area contributed by atoms with Gasteiger partial charge in [-0.15, -0.1) is 5.10 Å². The zero-order valence-electron chi connectivity index (χ0n) is 8.40. The van der Waals surface area contributed by atoms with E-state index < -0.39 is 12.0 Å². The third kappa shape index (κ3) is 3.40. The van der Waals surface area contributed by atoms with Crippen LogP contribution in [0.3, 0.4) is 0 Å². The fraction of sp³-hybridized carbons (Fsp3) is 0.625. The van der Waals surface area contributed by atoms with E-state index in [0.29, 0.717) is 16.6 Å². The van der Waals surface area contributed by atoms with Crippen molar-refractivity contribution in [3.8, 4) is 0 Å². The maximum Gasteiger partial charge on any atom is 0.320 e. The lowest BCUT2D eigenvalue weighted by Gasteiger charge is -2.16. The second-order valence-electron chi connectivity index (χ2n) is 3.43. The van der Waals surface area contributed by atoms with E-state index in [0.717, 1.165) is 11.5 Å². The first-order chi connectivity index (χ1) is 7.02. The molecule has 1 unspecified atom stereocenters. The fourth-order valence-electron chi connectivity index (χ4n) is 1.12. The van der Waals surface area contributed by atoms with Gasteiger partial charge in [0, 0.05) is 18.1 Å². The first-order valence-corrected chi connectivity index (χ1v) is 5.60. The zero-order valence-corrected chi connectivity index (χ0v) is 9.97. The Morgan fingerprint density at radius 3 is 2.73 bits per heavy atom. The highest BCUT2D eigenvalue weighted by Crippen LogP contribution is 2.17. The van der Waals surface area contributed by atoms with Crippen molar-refractivity contribution in [3.05, 3.63) is 10.0 Å². The number of rotatable bonds is 5. The van der Waals surface area contributed by atoms with Gasteiger partial charge in [0.25, 0.3) is 0 Å². The summed E-state index contributed by atoms with van der Waals surface area (Å²) in [5.41, 5.74) is 0.591. The van der Waals surface area contributed by atoms with Gasteiger partial charge in [0.15, 0.2) is 0 Å². The van der Waals surface area contributed by atoms with Crippen LogP contribution in [0, 0.1) is 5.92 Å². The molecule has 0 aromatic carbocycles. The number of carboxylic acids is 1. The van der Waals surface area contributed by atoms with E-state index in [2.05, 4.69) is 14.9 Å². The molecule has 0 radical (unpaired) electrons. The van der Waals surface area contributed by atoms with E-state index in [1.165, 1.54) is 0 Å². The molecule has 0 bridgehead atoms. The number of nitrogens with one attached hydrogen (secondary N) is 1. The van der Waals surface area contributed by atoms with E-state index >= 15 is 0 Å². The third-order valence-corrected chi connectivity index (χ3v) is 2.92. The van der Waals surface area contributed by atoms with Gasteiger partial charge in [-0.25, -0.2) is 0 Å². The topological polar surface area (TPSA) is 75.1 Å². The maximum atomic E-state index is 10.9. The van der Waals surface area contributed by atoms with Crippen LogP contribution in [0.4, 0.5) is 0 Å². The summed E-state index contributed by atoms with van der Waals surface area (Å²) >= 11 is 6.88. The molecule has 7 heteroatoms. The quantitative estimate of drug-likeness (QED) is 0.825. The highest BCUT2D eigenvalue weighted by molar-refractivity contribution is 7.10. The Morgan fingerprint density at radius 2 is 2.33 bits per heavy atom. The Morgan fingerprint density at radius 1 is 1.67 bits per heavy atom. The zero-order chi connectivity index (χ0) is 11.4. The van der Waals surface area contributed by atoms with Gasteiger partial charge in [-0.2, -0.15) is 0 Å².